The van der Waals surface area contributed by atoms with Crippen molar-refractivity contribution in [1.29, 1.82) is 0 Å². The molecule has 3 N–H and O–H groups in total. The Kier molecular flexibility index (Phi) is 5.69. The van der Waals surface area contributed by atoms with E-state index in [2.05, 4.69) is 41.7 Å². The summed E-state index contributed by atoms with van der Waals surface area (Å²) in [5, 5.41) is 13.2. The van der Waals surface area contributed by atoms with Gasteiger partial charge in [0.05, 0.1) is 35.1 Å². The lowest BCUT2D eigenvalue weighted by Gasteiger charge is -2.19. The van der Waals surface area contributed by atoms with Gasteiger partial charge in [0.1, 0.15) is 0 Å². The van der Waals surface area contributed by atoms with Gasteiger partial charge in [0, 0.05) is 13.3 Å². The van der Waals surface area contributed by atoms with Crippen molar-refractivity contribution in [2.75, 3.05) is 26.1 Å². The molecule has 3 rings (SSSR count). The minimum atomic E-state index is -0.394. The molecule has 0 fully saturated rings. The maximum absolute atomic E-state index is 12.4. The predicted molar refractivity (Wildman–Crippen MR) is 101 cm³/mol. The molecule has 0 aliphatic carbocycles. The summed E-state index contributed by atoms with van der Waals surface area (Å²) >= 11 is 3.44. The van der Waals surface area contributed by atoms with Crippen LogP contribution in [0.2, 0.25) is 0 Å². The fourth-order valence-electron chi connectivity index (χ4n) is 2.54. The number of ether oxygens (including phenoxy) is 2. The van der Waals surface area contributed by atoms with E-state index < -0.39 is 6.03 Å². The number of hydrogen-bond donors (Lipinski definition) is 3. The third-order valence-corrected chi connectivity index (χ3v) is 4.56. The lowest BCUT2D eigenvalue weighted by molar-refractivity contribution is 0.168. The van der Waals surface area contributed by atoms with Crippen molar-refractivity contribution < 1.29 is 14.3 Å². The highest BCUT2D eigenvalue weighted by Crippen LogP contribution is 2.32. The Balaban J connectivity index is 1.76. The summed E-state index contributed by atoms with van der Waals surface area (Å²) in [6, 6.07) is 8.93. The van der Waals surface area contributed by atoms with Gasteiger partial charge in [-0.15, -0.1) is 5.10 Å². The highest BCUT2D eigenvalue weighted by molar-refractivity contribution is 9.10. The molecule has 0 bridgehead atoms. The van der Waals surface area contributed by atoms with E-state index in [0.29, 0.717) is 33.7 Å². The van der Waals surface area contributed by atoms with Crippen LogP contribution in [0.3, 0.4) is 0 Å². The van der Waals surface area contributed by atoms with Crippen molar-refractivity contribution in [2.24, 2.45) is 0 Å². The van der Waals surface area contributed by atoms with E-state index in [1.54, 1.807) is 13.3 Å². The molecule has 0 aliphatic rings. The first-order valence-corrected chi connectivity index (χ1v) is 8.61. The lowest BCUT2D eigenvalue weighted by atomic mass is 10.1. The Morgan fingerprint density at radius 3 is 2.77 bits per heavy atom. The van der Waals surface area contributed by atoms with Gasteiger partial charge in [-0.3, -0.25) is 10.4 Å². The van der Waals surface area contributed by atoms with Gasteiger partial charge in [-0.1, -0.05) is 30.3 Å². The molecular formula is C17H18BrN5O3. The summed E-state index contributed by atoms with van der Waals surface area (Å²) in [6.07, 6.45) is 1.59. The number of carbonyl (C=O) groups excluding carboxylic acids is 1. The fraction of sp³-hybridized carbons (Fsp3) is 0.235. The molecule has 0 spiro atoms. The van der Waals surface area contributed by atoms with Crippen LogP contribution in [0.5, 0.6) is 5.88 Å². The molecule has 2 aromatic heterocycles. The molecule has 0 radical (unpaired) electrons. The van der Waals surface area contributed by atoms with Crippen LogP contribution in [0, 0.1) is 0 Å². The zero-order chi connectivity index (χ0) is 18.5. The molecule has 26 heavy (non-hydrogen) atoms. The highest BCUT2D eigenvalue weighted by atomic mass is 79.9. The molecule has 136 valence electrons. The minimum Gasteiger partial charge on any atom is -0.479 e. The van der Waals surface area contributed by atoms with Crippen molar-refractivity contribution in [3.63, 3.8) is 0 Å². The van der Waals surface area contributed by atoms with Crippen LogP contribution < -0.4 is 15.4 Å². The van der Waals surface area contributed by atoms with E-state index in [1.807, 2.05) is 30.3 Å². The summed E-state index contributed by atoms with van der Waals surface area (Å²) in [5.41, 5.74) is 1.63. The highest BCUT2D eigenvalue weighted by Gasteiger charge is 2.18. The van der Waals surface area contributed by atoms with Crippen LogP contribution in [0.15, 0.2) is 41.0 Å². The van der Waals surface area contributed by atoms with Gasteiger partial charge in [0.15, 0.2) is 5.82 Å². The number of pyridine rings is 1. The molecule has 9 heteroatoms. The normalized spacial score (nSPS) is 12.0. The van der Waals surface area contributed by atoms with E-state index in [9.17, 15) is 4.79 Å². The monoisotopic (exact) mass is 419 g/mol. The number of halogens is 1. The van der Waals surface area contributed by atoms with Crippen molar-refractivity contribution >= 4 is 38.7 Å². The minimum absolute atomic E-state index is 0.282. The van der Waals surface area contributed by atoms with Crippen LogP contribution in [-0.4, -0.2) is 42.0 Å². The van der Waals surface area contributed by atoms with Crippen molar-refractivity contribution in [3.8, 4) is 5.88 Å². The summed E-state index contributed by atoms with van der Waals surface area (Å²) in [5.74, 6) is 0.805. The van der Waals surface area contributed by atoms with Crippen LogP contribution in [0.4, 0.5) is 10.6 Å². The molecule has 2 heterocycles. The number of amides is 2. The third-order valence-electron chi connectivity index (χ3n) is 3.79. The standard InChI is InChI=1S/C17H18BrN5O3/c1-25-9-12(10-6-4-3-5-7-10)20-17(24)21-15-13(18)14-11(8-19-15)16(26-2)23-22-14/h3-8,12H,9H2,1-2H3,(H,22,23)(H2,19,20,21,24)/t12-/m1/s1. The fourth-order valence-corrected chi connectivity index (χ4v) is 3.05. The number of nitrogens with one attached hydrogen (secondary N) is 3. The van der Waals surface area contributed by atoms with Gasteiger partial charge in [0.2, 0.25) is 5.88 Å². The topological polar surface area (TPSA) is 101 Å². The summed E-state index contributed by atoms with van der Waals surface area (Å²) in [4.78, 5) is 16.7. The number of H-pyrrole nitrogens is 1. The number of nitrogens with zero attached hydrogens (tertiary/aromatic N) is 2. The number of fused-ring (bicyclic) bond motifs is 1. The molecule has 2 amide bonds. The van der Waals surface area contributed by atoms with E-state index >= 15 is 0 Å². The summed E-state index contributed by atoms with van der Waals surface area (Å²) in [7, 11) is 3.12. The SMILES string of the molecule is COC[C@@H](NC(=O)Nc1ncc2c(OC)n[nH]c2c1Br)c1ccccc1. The molecule has 0 saturated heterocycles. The summed E-state index contributed by atoms with van der Waals surface area (Å²) < 4.78 is 11.0. The third kappa shape index (κ3) is 3.78. The van der Waals surface area contributed by atoms with Crippen LogP contribution in [-0.2, 0) is 4.74 Å². The average molecular weight is 420 g/mol. The van der Waals surface area contributed by atoms with Crippen LogP contribution in [0.1, 0.15) is 11.6 Å². The number of anilines is 1. The van der Waals surface area contributed by atoms with E-state index in [1.165, 1.54) is 7.11 Å². The van der Waals surface area contributed by atoms with E-state index in [4.69, 9.17) is 9.47 Å². The zero-order valence-corrected chi connectivity index (χ0v) is 15.8. The number of methoxy groups -OCH3 is 2. The lowest BCUT2D eigenvalue weighted by Crippen LogP contribution is -2.35. The first-order chi connectivity index (χ1) is 12.6. The number of urea groups is 1. The maximum Gasteiger partial charge on any atom is 0.321 e. The second-order valence-corrected chi connectivity index (χ2v) is 6.25. The number of hydrogen-bond acceptors (Lipinski definition) is 5. The molecular weight excluding hydrogens is 402 g/mol. The number of carbonyl (C=O) groups is 1. The quantitative estimate of drug-likeness (QED) is 0.569. The maximum atomic E-state index is 12.4. The second kappa shape index (κ2) is 8.15. The molecule has 0 aliphatic heterocycles. The number of aromatic amines is 1. The molecule has 8 nitrogen and oxygen atoms in total. The number of rotatable bonds is 6. The Hall–Kier alpha value is -2.65. The van der Waals surface area contributed by atoms with Crippen molar-refractivity contribution in [1.82, 2.24) is 20.5 Å². The van der Waals surface area contributed by atoms with Gasteiger partial charge in [-0.25, -0.2) is 9.78 Å². The zero-order valence-electron chi connectivity index (χ0n) is 14.2. The molecule has 3 aromatic rings. The van der Waals surface area contributed by atoms with Gasteiger partial charge in [-0.2, -0.15) is 0 Å². The van der Waals surface area contributed by atoms with Gasteiger partial charge < -0.3 is 14.8 Å². The van der Waals surface area contributed by atoms with Crippen molar-refractivity contribution in [3.05, 3.63) is 46.6 Å². The number of aromatic nitrogens is 3. The molecule has 0 unspecified atom stereocenters. The van der Waals surface area contributed by atoms with Crippen LogP contribution >= 0.6 is 15.9 Å². The van der Waals surface area contributed by atoms with E-state index in [0.717, 1.165) is 5.56 Å². The van der Waals surface area contributed by atoms with Gasteiger partial charge in [-0.05, 0) is 21.5 Å². The molecule has 0 saturated carbocycles. The average Bonchev–Trinajstić information content (AvgIpc) is 3.08. The first kappa shape index (κ1) is 18.2. The van der Waals surface area contributed by atoms with Crippen LogP contribution in [0.25, 0.3) is 10.9 Å². The van der Waals surface area contributed by atoms with Gasteiger partial charge >= 0.3 is 6.03 Å². The predicted octanol–water partition coefficient (Wildman–Crippen LogP) is 3.24. The molecule has 1 aromatic carbocycles. The Morgan fingerprint density at radius 2 is 2.08 bits per heavy atom. The van der Waals surface area contributed by atoms with Gasteiger partial charge in [0.25, 0.3) is 0 Å². The largest absolute Gasteiger partial charge is 0.479 e. The number of benzene rings is 1. The Bertz CT molecular complexity index is 900. The van der Waals surface area contributed by atoms with Crippen molar-refractivity contribution in [2.45, 2.75) is 6.04 Å². The first-order valence-electron chi connectivity index (χ1n) is 7.82. The Morgan fingerprint density at radius 1 is 1.31 bits per heavy atom. The second-order valence-electron chi connectivity index (χ2n) is 5.46. The van der Waals surface area contributed by atoms with E-state index in [-0.39, 0.29) is 6.04 Å². The molecule has 1 atom stereocenters. The smallest absolute Gasteiger partial charge is 0.321 e. The Labute approximate surface area is 158 Å². The summed E-state index contributed by atoms with van der Waals surface area (Å²) in [6.45, 7) is 0.350.